The number of hydrogen-bond acceptors (Lipinski definition) is 3. The zero-order valence-electron chi connectivity index (χ0n) is 13.6. The average molecular weight is 348 g/mol. The Kier molecular flexibility index (Phi) is 3.66. The van der Waals surface area contributed by atoms with Gasteiger partial charge in [-0.2, -0.15) is 18.4 Å². The van der Waals surface area contributed by atoms with E-state index in [0.29, 0.717) is 5.71 Å². The molecule has 1 aliphatic carbocycles. The van der Waals surface area contributed by atoms with E-state index in [1.54, 1.807) is 24.3 Å². The van der Waals surface area contributed by atoms with Gasteiger partial charge >= 0.3 is 0 Å². The van der Waals surface area contributed by atoms with Gasteiger partial charge in [-0.3, -0.25) is 0 Å². The predicted octanol–water partition coefficient (Wildman–Crippen LogP) is 3.86. The lowest BCUT2D eigenvalue weighted by atomic mass is 9.92. The minimum absolute atomic E-state index is 0.195. The SMILES string of the molecule is Cc1ccc(S(=O)(=O)NN=C2C=Cc3cccc4cccc2c34)cc1. The van der Waals surface area contributed by atoms with E-state index in [-0.39, 0.29) is 4.90 Å². The van der Waals surface area contributed by atoms with Crippen molar-refractivity contribution in [3.8, 4) is 0 Å². The first kappa shape index (κ1) is 15.6. The summed E-state index contributed by atoms with van der Waals surface area (Å²) in [5, 5.41) is 6.36. The van der Waals surface area contributed by atoms with Crippen molar-refractivity contribution >= 4 is 32.6 Å². The van der Waals surface area contributed by atoms with Crippen molar-refractivity contribution in [2.24, 2.45) is 5.10 Å². The number of benzene rings is 3. The first-order valence-electron chi connectivity index (χ1n) is 7.91. The van der Waals surface area contributed by atoms with Crippen molar-refractivity contribution in [2.75, 3.05) is 0 Å². The molecule has 0 fully saturated rings. The molecule has 25 heavy (non-hydrogen) atoms. The molecule has 0 saturated heterocycles. The van der Waals surface area contributed by atoms with E-state index in [9.17, 15) is 8.42 Å². The molecule has 4 nitrogen and oxygen atoms in total. The molecule has 3 aromatic carbocycles. The van der Waals surface area contributed by atoms with Crippen LogP contribution in [-0.4, -0.2) is 14.1 Å². The van der Waals surface area contributed by atoms with E-state index in [1.165, 1.54) is 0 Å². The van der Waals surface area contributed by atoms with Crippen molar-refractivity contribution < 1.29 is 8.42 Å². The van der Waals surface area contributed by atoms with Gasteiger partial charge in [-0.1, -0.05) is 60.2 Å². The highest BCUT2D eigenvalue weighted by Crippen LogP contribution is 2.28. The van der Waals surface area contributed by atoms with E-state index in [0.717, 1.165) is 27.5 Å². The lowest BCUT2D eigenvalue weighted by Gasteiger charge is -2.14. The second-order valence-corrected chi connectivity index (χ2v) is 7.65. The first-order valence-corrected chi connectivity index (χ1v) is 9.39. The minimum Gasteiger partial charge on any atom is -0.200 e. The standard InChI is InChI=1S/C20H16N2O2S/c1-14-8-11-17(12-9-14)25(23,24)22-21-19-13-10-16-5-2-4-15-6-3-7-18(19)20(15)16/h2-13,22H,1H3. The second-order valence-electron chi connectivity index (χ2n) is 5.99. The van der Waals surface area contributed by atoms with Gasteiger partial charge in [-0.05, 0) is 41.5 Å². The Hall–Kier alpha value is -2.92. The number of allylic oxidation sites excluding steroid dienone is 1. The Morgan fingerprint density at radius 3 is 2.36 bits per heavy atom. The Balaban J connectivity index is 1.73. The van der Waals surface area contributed by atoms with Gasteiger partial charge in [0.15, 0.2) is 0 Å². The van der Waals surface area contributed by atoms with Crippen LogP contribution in [0.2, 0.25) is 0 Å². The molecule has 0 bridgehead atoms. The van der Waals surface area contributed by atoms with Crippen LogP contribution in [0.1, 0.15) is 16.7 Å². The summed E-state index contributed by atoms with van der Waals surface area (Å²) in [6.45, 7) is 1.91. The van der Waals surface area contributed by atoms with E-state index in [1.807, 2.05) is 55.5 Å². The van der Waals surface area contributed by atoms with Crippen LogP contribution in [0.5, 0.6) is 0 Å². The summed E-state index contributed by atoms with van der Waals surface area (Å²) < 4.78 is 24.9. The summed E-state index contributed by atoms with van der Waals surface area (Å²) >= 11 is 0. The summed E-state index contributed by atoms with van der Waals surface area (Å²) in [6, 6.07) is 18.7. The predicted molar refractivity (Wildman–Crippen MR) is 101 cm³/mol. The number of nitrogens with one attached hydrogen (secondary N) is 1. The van der Waals surface area contributed by atoms with Crippen LogP contribution >= 0.6 is 0 Å². The summed E-state index contributed by atoms with van der Waals surface area (Å²) in [7, 11) is -3.69. The number of hydrogen-bond donors (Lipinski definition) is 1. The van der Waals surface area contributed by atoms with Gasteiger partial charge in [0.25, 0.3) is 10.0 Å². The highest BCUT2D eigenvalue weighted by molar-refractivity contribution is 7.89. The molecule has 0 aliphatic heterocycles. The van der Waals surface area contributed by atoms with E-state index < -0.39 is 10.0 Å². The number of nitrogens with zero attached hydrogens (tertiary/aromatic N) is 1. The van der Waals surface area contributed by atoms with Crippen molar-refractivity contribution in [1.29, 1.82) is 0 Å². The highest BCUT2D eigenvalue weighted by Gasteiger charge is 2.16. The third-order valence-electron chi connectivity index (χ3n) is 4.25. The van der Waals surface area contributed by atoms with Gasteiger partial charge in [-0.25, -0.2) is 0 Å². The zero-order chi connectivity index (χ0) is 17.4. The Labute approximate surface area is 146 Å². The van der Waals surface area contributed by atoms with Crippen LogP contribution < -0.4 is 4.83 Å². The third-order valence-corrected chi connectivity index (χ3v) is 5.48. The quantitative estimate of drug-likeness (QED) is 0.731. The molecular formula is C20H16N2O2S. The van der Waals surface area contributed by atoms with Gasteiger partial charge < -0.3 is 0 Å². The van der Waals surface area contributed by atoms with Crippen molar-refractivity contribution in [2.45, 2.75) is 11.8 Å². The smallest absolute Gasteiger partial charge is 0.200 e. The maximum absolute atomic E-state index is 12.4. The van der Waals surface area contributed by atoms with Crippen LogP contribution in [0.25, 0.3) is 16.8 Å². The van der Waals surface area contributed by atoms with Gasteiger partial charge in [-0.15, -0.1) is 0 Å². The minimum atomic E-state index is -3.69. The van der Waals surface area contributed by atoms with E-state index in [4.69, 9.17) is 0 Å². The Bertz CT molecular complexity index is 1120. The van der Waals surface area contributed by atoms with Gasteiger partial charge in [0.05, 0.1) is 10.6 Å². The fourth-order valence-electron chi connectivity index (χ4n) is 2.96. The van der Waals surface area contributed by atoms with E-state index in [2.05, 4.69) is 9.93 Å². The maximum atomic E-state index is 12.4. The zero-order valence-corrected chi connectivity index (χ0v) is 14.4. The maximum Gasteiger partial charge on any atom is 0.276 e. The molecular weight excluding hydrogens is 332 g/mol. The molecule has 3 aromatic rings. The molecule has 0 unspecified atom stereocenters. The van der Waals surface area contributed by atoms with Crippen molar-refractivity contribution in [1.82, 2.24) is 4.83 Å². The lowest BCUT2D eigenvalue weighted by molar-refractivity contribution is 0.584. The topological polar surface area (TPSA) is 58.5 Å². The Morgan fingerprint density at radius 1 is 0.880 bits per heavy atom. The molecule has 0 radical (unpaired) electrons. The molecule has 124 valence electrons. The lowest BCUT2D eigenvalue weighted by Crippen LogP contribution is -2.20. The molecule has 0 atom stereocenters. The molecule has 0 amide bonds. The second kappa shape index (κ2) is 5.86. The van der Waals surface area contributed by atoms with Gasteiger partial charge in [0, 0.05) is 5.56 Å². The summed E-state index contributed by atoms with van der Waals surface area (Å²) in [4.78, 5) is 2.54. The van der Waals surface area contributed by atoms with Crippen molar-refractivity contribution in [3.05, 3.63) is 83.4 Å². The summed E-state index contributed by atoms with van der Waals surface area (Å²) in [5.41, 5.74) is 3.62. The fraction of sp³-hybridized carbons (Fsp3) is 0.0500. The number of aryl methyl sites for hydroxylation is 1. The first-order chi connectivity index (χ1) is 12.0. The summed E-state index contributed by atoms with van der Waals surface area (Å²) in [6.07, 6.45) is 3.78. The van der Waals surface area contributed by atoms with E-state index >= 15 is 0 Å². The van der Waals surface area contributed by atoms with Crippen LogP contribution in [0.15, 0.2) is 76.7 Å². The largest absolute Gasteiger partial charge is 0.276 e. The molecule has 0 heterocycles. The third kappa shape index (κ3) is 2.83. The molecule has 5 heteroatoms. The van der Waals surface area contributed by atoms with Crippen LogP contribution in [0.3, 0.4) is 0 Å². The Morgan fingerprint density at radius 2 is 1.60 bits per heavy atom. The monoisotopic (exact) mass is 348 g/mol. The average Bonchev–Trinajstić information content (AvgIpc) is 2.62. The van der Waals surface area contributed by atoms with Crippen LogP contribution in [-0.2, 0) is 10.0 Å². The number of hydrazone groups is 1. The number of rotatable bonds is 3. The summed E-state index contributed by atoms with van der Waals surface area (Å²) in [5.74, 6) is 0. The molecule has 1 N–H and O–H groups in total. The number of sulfonamides is 1. The van der Waals surface area contributed by atoms with Crippen molar-refractivity contribution in [3.63, 3.8) is 0 Å². The molecule has 1 aliphatic rings. The highest BCUT2D eigenvalue weighted by atomic mass is 32.2. The molecule has 0 spiro atoms. The molecule has 4 rings (SSSR count). The fourth-order valence-corrected chi connectivity index (χ4v) is 3.78. The molecule has 0 saturated carbocycles. The van der Waals surface area contributed by atoms with Crippen LogP contribution in [0.4, 0.5) is 0 Å². The van der Waals surface area contributed by atoms with Gasteiger partial charge in [0.1, 0.15) is 0 Å². The van der Waals surface area contributed by atoms with Crippen LogP contribution in [0, 0.1) is 6.92 Å². The normalized spacial score (nSPS) is 14.8. The molecule has 0 aromatic heterocycles. The van der Waals surface area contributed by atoms with Gasteiger partial charge in [0.2, 0.25) is 0 Å².